The van der Waals surface area contributed by atoms with Crippen molar-refractivity contribution in [2.24, 2.45) is 0 Å². The fourth-order valence-corrected chi connectivity index (χ4v) is 0.619. The predicted molar refractivity (Wildman–Crippen MR) is 39.4 cm³/mol. The van der Waals surface area contributed by atoms with Gasteiger partial charge in [-0.05, 0) is 13.8 Å². The number of aliphatic carboxylic acids is 1. The van der Waals surface area contributed by atoms with E-state index in [1.165, 1.54) is 6.92 Å². The largest absolute Gasteiger partial charge is 0.481 e. The van der Waals surface area contributed by atoms with Crippen LogP contribution in [0.25, 0.3) is 0 Å². The molecule has 70 valence electrons. The van der Waals surface area contributed by atoms with Crippen molar-refractivity contribution in [2.45, 2.75) is 26.6 Å². The smallest absolute Gasteiger partial charge is 0.319 e. The summed E-state index contributed by atoms with van der Waals surface area (Å²) in [6, 6.07) is 0. The van der Waals surface area contributed by atoms with Gasteiger partial charge in [-0.3, -0.25) is 9.59 Å². The van der Waals surface area contributed by atoms with Crippen molar-refractivity contribution in [1.29, 1.82) is 0 Å². The second-order valence-electron chi connectivity index (χ2n) is 2.08. The second-order valence-corrected chi connectivity index (χ2v) is 2.08. The van der Waals surface area contributed by atoms with Gasteiger partial charge in [0.05, 0.1) is 0 Å². The summed E-state index contributed by atoms with van der Waals surface area (Å²) in [5, 5.41) is 8.19. The quantitative estimate of drug-likeness (QED) is 0.372. The van der Waals surface area contributed by atoms with Gasteiger partial charge in [-0.25, -0.2) is 0 Å². The summed E-state index contributed by atoms with van der Waals surface area (Å²) in [5.41, 5.74) is 0. The fraction of sp³-hybridized carbons (Fsp3) is 0.714. The van der Waals surface area contributed by atoms with Crippen LogP contribution in [0.1, 0.15) is 20.3 Å². The Morgan fingerprint density at radius 2 is 2.08 bits per heavy atom. The molecule has 0 amide bonds. The van der Waals surface area contributed by atoms with Gasteiger partial charge < -0.3 is 14.6 Å². The van der Waals surface area contributed by atoms with Crippen LogP contribution < -0.4 is 0 Å². The first-order valence-electron chi connectivity index (χ1n) is 3.59. The summed E-state index contributed by atoms with van der Waals surface area (Å²) >= 11 is 0. The van der Waals surface area contributed by atoms with Crippen molar-refractivity contribution in [3.8, 4) is 0 Å². The maximum absolute atomic E-state index is 10.7. The van der Waals surface area contributed by atoms with E-state index in [2.05, 4.69) is 4.74 Å². The van der Waals surface area contributed by atoms with Gasteiger partial charge in [0.15, 0.2) is 6.29 Å². The number of carbonyl (C=O) groups is 2. The van der Waals surface area contributed by atoms with E-state index in [-0.39, 0.29) is 0 Å². The summed E-state index contributed by atoms with van der Waals surface area (Å²) in [7, 11) is 0. The van der Waals surface area contributed by atoms with Crippen molar-refractivity contribution >= 4 is 11.9 Å². The van der Waals surface area contributed by atoms with Crippen molar-refractivity contribution < 1.29 is 24.2 Å². The molecule has 0 heterocycles. The average molecular weight is 176 g/mol. The van der Waals surface area contributed by atoms with Gasteiger partial charge >= 0.3 is 11.9 Å². The van der Waals surface area contributed by atoms with E-state index >= 15 is 0 Å². The molecule has 0 fully saturated rings. The highest BCUT2D eigenvalue weighted by molar-refractivity contribution is 5.90. The molecular weight excluding hydrogens is 164 g/mol. The first-order valence-corrected chi connectivity index (χ1v) is 3.59. The normalized spacial score (nSPS) is 12.2. The zero-order valence-electron chi connectivity index (χ0n) is 7.07. The molecule has 0 bridgehead atoms. The van der Waals surface area contributed by atoms with Crippen molar-refractivity contribution in [2.75, 3.05) is 6.61 Å². The van der Waals surface area contributed by atoms with Gasteiger partial charge in [0.2, 0.25) is 0 Å². The third-order valence-corrected chi connectivity index (χ3v) is 0.994. The van der Waals surface area contributed by atoms with Crippen LogP contribution in [0.15, 0.2) is 0 Å². The standard InChI is InChI=1S/C7H12O5/c1-3-11-5(2)12-7(10)4-6(8)9/h5H,3-4H2,1-2H3,(H,8,9). The highest BCUT2D eigenvalue weighted by atomic mass is 16.7. The number of esters is 1. The van der Waals surface area contributed by atoms with Crippen LogP contribution in [-0.4, -0.2) is 29.9 Å². The number of rotatable bonds is 5. The van der Waals surface area contributed by atoms with Gasteiger partial charge in [0, 0.05) is 6.61 Å². The molecule has 1 N–H and O–H groups in total. The maximum Gasteiger partial charge on any atom is 0.319 e. The van der Waals surface area contributed by atoms with Gasteiger partial charge in [0.1, 0.15) is 6.42 Å². The monoisotopic (exact) mass is 176 g/mol. The van der Waals surface area contributed by atoms with Crippen molar-refractivity contribution in [3.05, 3.63) is 0 Å². The van der Waals surface area contributed by atoms with E-state index in [9.17, 15) is 9.59 Å². The summed E-state index contributed by atoms with van der Waals surface area (Å²) in [4.78, 5) is 20.7. The number of carboxylic acids is 1. The van der Waals surface area contributed by atoms with Crippen molar-refractivity contribution in [1.82, 2.24) is 0 Å². The maximum atomic E-state index is 10.7. The Morgan fingerprint density at radius 1 is 1.50 bits per heavy atom. The fourth-order valence-electron chi connectivity index (χ4n) is 0.619. The minimum absolute atomic E-state index is 0.418. The molecule has 0 aliphatic carbocycles. The summed E-state index contributed by atoms with van der Waals surface area (Å²) in [5.74, 6) is -1.99. The zero-order valence-corrected chi connectivity index (χ0v) is 7.07. The molecule has 0 saturated heterocycles. The van der Waals surface area contributed by atoms with Crippen LogP contribution in [0.2, 0.25) is 0 Å². The van der Waals surface area contributed by atoms with Crippen LogP contribution in [0.4, 0.5) is 0 Å². The van der Waals surface area contributed by atoms with Crippen molar-refractivity contribution in [3.63, 3.8) is 0 Å². The van der Waals surface area contributed by atoms with Crippen LogP contribution in [-0.2, 0) is 19.1 Å². The Kier molecular flexibility index (Phi) is 5.03. The number of hydrogen-bond donors (Lipinski definition) is 1. The highest BCUT2D eigenvalue weighted by Crippen LogP contribution is 1.96. The molecule has 0 rings (SSSR count). The van der Waals surface area contributed by atoms with Crippen LogP contribution >= 0.6 is 0 Å². The summed E-state index contributed by atoms with van der Waals surface area (Å²) in [6.07, 6.45) is -1.31. The lowest BCUT2D eigenvalue weighted by molar-refractivity contribution is -0.175. The number of hydrogen-bond acceptors (Lipinski definition) is 4. The topological polar surface area (TPSA) is 72.8 Å². The molecule has 0 aliphatic heterocycles. The molecule has 0 spiro atoms. The Morgan fingerprint density at radius 3 is 2.50 bits per heavy atom. The summed E-state index contributed by atoms with van der Waals surface area (Å²) < 4.78 is 9.42. The Bertz CT molecular complexity index is 165. The van der Waals surface area contributed by atoms with E-state index in [0.29, 0.717) is 6.61 Å². The minimum atomic E-state index is -1.20. The Labute approximate surface area is 70.3 Å². The number of ether oxygens (including phenoxy) is 2. The van der Waals surface area contributed by atoms with Gasteiger partial charge in [0.25, 0.3) is 0 Å². The molecule has 0 saturated carbocycles. The molecule has 5 heteroatoms. The SMILES string of the molecule is CCOC(C)OC(=O)CC(=O)O. The Hall–Kier alpha value is -1.10. The summed E-state index contributed by atoms with van der Waals surface area (Å²) in [6.45, 7) is 3.70. The first kappa shape index (κ1) is 10.9. The third kappa shape index (κ3) is 5.67. The average Bonchev–Trinajstić information content (AvgIpc) is 1.84. The van der Waals surface area contributed by atoms with E-state index in [1.807, 2.05) is 0 Å². The number of carbonyl (C=O) groups excluding carboxylic acids is 1. The van der Waals surface area contributed by atoms with E-state index in [4.69, 9.17) is 9.84 Å². The molecule has 0 radical (unpaired) electrons. The van der Waals surface area contributed by atoms with Gasteiger partial charge in [-0.15, -0.1) is 0 Å². The molecule has 0 aliphatic rings. The number of carboxylic acid groups (broad SMARTS) is 1. The van der Waals surface area contributed by atoms with Gasteiger partial charge in [-0.1, -0.05) is 0 Å². The lowest BCUT2D eigenvalue weighted by atomic mass is 10.4. The minimum Gasteiger partial charge on any atom is -0.481 e. The first-order chi connectivity index (χ1) is 5.56. The van der Waals surface area contributed by atoms with Crippen LogP contribution in [0.5, 0.6) is 0 Å². The molecular formula is C7H12O5. The molecule has 5 nitrogen and oxygen atoms in total. The zero-order chi connectivity index (χ0) is 9.56. The lowest BCUT2D eigenvalue weighted by Crippen LogP contribution is -2.20. The highest BCUT2D eigenvalue weighted by Gasteiger charge is 2.12. The third-order valence-electron chi connectivity index (χ3n) is 0.994. The predicted octanol–water partition coefficient (Wildman–Crippen LogP) is 0.387. The lowest BCUT2D eigenvalue weighted by Gasteiger charge is -2.11. The van der Waals surface area contributed by atoms with Crippen LogP contribution in [0.3, 0.4) is 0 Å². The van der Waals surface area contributed by atoms with E-state index in [0.717, 1.165) is 0 Å². The molecule has 0 aromatic rings. The van der Waals surface area contributed by atoms with E-state index in [1.54, 1.807) is 6.92 Å². The second kappa shape index (κ2) is 5.54. The molecule has 0 aromatic heterocycles. The molecule has 12 heavy (non-hydrogen) atoms. The molecule has 0 aromatic carbocycles. The van der Waals surface area contributed by atoms with E-state index < -0.39 is 24.6 Å². The van der Waals surface area contributed by atoms with Gasteiger partial charge in [-0.2, -0.15) is 0 Å². The van der Waals surface area contributed by atoms with Crippen LogP contribution in [0, 0.1) is 0 Å². The Balaban J connectivity index is 3.61. The molecule has 1 unspecified atom stereocenters. The molecule has 1 atom stereocenters.